The van der Waals surface area contributed by atoms with Crippen molar-refractivity contribution in [1.29, 1.82) is 0 Å². The van der Waals surface area contributed by atoms with Crippen LogP contribution in [0.5, 0.6) is 0 Å². The highest BCUT2D eigenvalue weighted by molar-refractivity contribution is 5.94. The Balaban J connectivity index is 1.08. The first-order chi connectivity index (χ1) is 17.6. The molecule has 2 aliphatic rings. The lowest BCUT2D eigenvalue weighted by molar-refractivity contribution is 0.0773. The van der Waals surface area contributed by atoms with Crippen molar-refractivity contribution in [2.24, 2.45) is 0 Å². The molecule has 184 valence electrons. The summed E-state index contributed by atoms with van der Waals surface area (Å²) in [6.45, 7) is 5.68. The molecule has 0 aliphatic carbocycles. The molecule has 5 nitrogen and oxygen atoms in total. The molecule has 2 unspecified atom stereocenters. The third kappa shape index (κ3) is 4.68. The summed E-state index contributed by atoms with van der Waals surface area (Å²) in [6, 6.07) is 26.4. The van der Waals surface area contributed by atoms with Gasteiger partial charge in [0.15, 0.2) is 0 Å². The summed E-state index contributed by atoms with van der Waals surface area (Å²) in [5, 5.41) is 0. The maximum absolute atomic E-state index is 13.3. The molecule has 0 saturated carbocycles. The van der Waals surface area contributed by atoms with E-state index in [-0.39, 0.29) is 5.91 Å². The molecule has 3 heterocycles. The molecule has 1 aromatic heterocycles. The topological polar surface area (TPSA) is 41.4 Å². The third-order valence-corrected chi connectivity index (χ3v) is 7.99. The van der Waals surface area contributed by atoms with E-state index in [1.54, 1.807) is 0 Å². The minimum atomic E-state index is 0.159. The molecule has 6 rings (SSSR count). The normalized spacial score (nSPS) is 20.4. The average Bonchev–Trinajstić information content (AvgIpc) is 3.65. The van der Waals surface area contributed by atoms with Crippen molar-refractivity contribution in [3.63, 3.8) is 0 Å². The van der Waals surface area contributed by atoms with E-state index in [9.17, 15) is 4.79 Å². The van der Waals surface area contributed by atoms with Gasteiger partial charge in [-0.25, -0.2) is 4.98 Å². The van der Waals surface area contributed by atoms with Gasteiger partial charge in [-0.3, -0.25) is 9.69 Å². The van der Waals surface area contributed by atoms with Gasteiger partial charge in [0.25, 0.3) is 5.91 Å². The van der Waals surface area contributed by atoms with Crippen molar-refractivity contribution < 1.29 is 4.79 Å². The van der Waals surface area contributed by atoms with E-state index in [1.807, 2.05) is 18.5 Å². The minimum Gasteiger partial charge on any atom is -0.337 e. The molecule has 0 spiro atoms. The Hall–Kier alpha value is -3.44. The summed E-state index contributed by atoms with van der Waals surface area (Å²) in [5.74, 6) is 0.159. The number of hydrogen-bond donors (Lipinski definition) is 0. The highest BCUT2D eigenvalue weighted by Gasteiger charge is 2.36. The minimum absolute atomic E-state index is 0.159. The zero-order valence-electron chi connectivity index (χ0n) is 21.0. The van der Waals surface area contributed by atoms with E-state index in [4.69, 9.17) is 0 Å². The molecule has 2 aliphatic heterocycles. The summed E-state index contributed by atoms with van der Waals surface area (Å²) >= 11 is 0. The van der Waals surface area contributed by atoms with Crippen molar-refractivity contribution in [2.45, 2.75) is 51.2 Å². The van der Waals surface area contributed by atoms with Crippen LogP contribution in [0, 0.1) is 6.92 Å². The van der Waals surface area contributed by atoms with Gasteiger partial charge in [-0.2, -0.15) is 0 Å². The van der Waals surface area contributed by atoms with Gasteiger partial charge in [-0.05, 0) is 80.1 Å². The second-order valence-corrected chi connectivity index (χ2v) is 10.5. The predicted molar refractivity (Wildman–Crippen MR) is 144 cm³/mol. The van der Waals surface area contributed by atoms with E-state index >= 15 is 0 Å². The standard InChI is InChI=1S/C31H34N4O/c1-23-9-14-30-29(18-23)32-22-34(30)20-25-10-12-26(13-11-25)31(36)33-17-15-28(21-33)35-16-5-8-27(35)19-24-6-3-2-4-7-24/h2-4,6-7,9-14,18,22,27-28H,5,8,15-17,19-21H2,1H3. The Morgan fingerprint density at radius 1 is 0.944 bits per heavy atom. The van der Waals surface area contributed by atoms with Crippen molar-refractivity contribution in [3.05, 3.63) is 101 Å². The Kier molecular flexibility index (Phi) is 6.32. The largest absolute Gasteiger partial charge is 0.337 e. The van der Waals surface area contributed by atoms with Gasteiger partial charge in [0.1, 0.15) is 0 Å². The molecule has 0 radical (unpaired) electrons. The van der Waals surface area contributed by atoms with Crippen molar-refractivity contribution in [1.82, 2.24) is 19.4 Å². The van der Waals surface area contributed by atoms with Crippen molar-refractivity contribution in [3.8, 4) is 0 Å². The monoisotopic (exact) mass is 478 g/mol. The van der Waals surface area contributed by atoms with E-state index in [0.29, 0.717) is 12.1 Å². The van der Waals surface area contributed by atoms with Gasteiger partial charge in [-0.15, -0.1) is 0 Å². The lowest BCUT2D eigenvalue weighted by Gasteiger charge is -2.30. The maximum Gasteiger partial charge on any atom is 0.253 e. The van der Waals surface area contributed by atoms with E-state index in [2.05, 4.69) is 86.9 Å². The fraction of sp³-hybridized carbons (Fsp3) is 0.355. The molecule has 3 aromatic carbocycles. The number of carbonyl (C=O) groups is 1. The number of amides is 1. The SMILES string of the molecule is Cc1ccc2c(c1)ncn2Cc1ccc(C(=O)N2CCC(N3CCCC3Cc3ccccc3)C2)cc1. The number of nitrogens with zero attached hydrogens (tertiary/aromatic N) is 4. The van der Waals surface area contributed by atoms with Crippen LogP contribution >= 0.6 is 0 Å². The number of rotatable bonds is 6. The highest BCUT2D eigenvalue weighted by atomic mass is 16.2. The maximum atomic E-state index is 13.3. The van der Waals surface area contributed by atoms with Crippen LogP contribution in [0.1, 0.15) is 46.3 Å². The smallest absolute Gasteiger partial charge is 0.253 e. The summed E-state index contributed by atoms with van der Waals surface area (Å²) in [5.41, 5.74) is 6.75. The van der Waals surface area contributed by atoms with E-state index in [0.717, 1.165) is 55.6 Å². The van der Waals surface area contributed by atoms with Gasteiger partial charge in [0.2, 0.25) is 0 Å². The van der Waals surface area contributed by atoms with Gasteiger partial charge < -0.3 is 9.47 Å². The van der Waals surface area contributed by atoms with Crippen molar-refractivity contribution >= 4 is 16.9 Å². The van der Waals surface area contributed by atoms with Crippen LogP contribution < -0.4 is 0 Å². The van der Waals surface area contributed by atoms with E-state index in [1.165, 1.54) is 29.5 Å². The molecule has 36 heavy (non-hydrogen) atoms. The Labute approximate surface area is 213 Å². The zero-order valence-corrected chi connectivity index (χ0v) is 21.0. The lowest BCUT2D eigenvalue weighted by atomic mass is 10.0. The number of aryl methyl sites for hydroxylation is 1. The fourth-order valence-electron chi connectivity index (χ4n) is 6.07. The van der Waals surface area contributed by atoms with Crippen LogP contribution in [-0.4, -0.2) is 57.0 Å². The molecule has 2 saturated heterocycles. The third-order valence-electron chi connectivity index (χ3n) is 7.99. The molecule has 5 heteroatoms. The van der Waals surface area contributed by atoms with Gasteiger partial charge in [0, 0.05) is 37.3 Å². The molecule has 0 bridgehead atoms. The Morgan fingerprint density at radius 3 is 2.61 bits per heavy atom. The summed E-state index contributed by atoms with van der Waals surface area (Å²) < 4.78 is 2.17. The molecule has 2 fully saturated rings. The summed E-state index contributed by atoms with van der Waals surface area (Å²) in [4.78, 5) is 22.6. The first kappa shape index (κ1) is 23.0. The number of hydrogen-bond acceptors (Lipinski definition) is 3. The van der Waals surface area contributed by atoms with E-state index < -0.39 is 0 Å². The Morgan fingerprint density at radius 2 is 1.78 bits per heavy atom. The van der Waals surface area contributed by atoms with Crippen LogP contribution in [0.25, 0.3) is 11.0 Å². The van der Waals surface area contributed by atoms with Crippen LogP contribution in [0.15, 0.2) is 79.1 Å². The number of benzene rings is 3. The first-order valence-electron chi connectivity index (χ1n) is 13.2. The second kappa shape index (κ2) is 9.90. The highest BCUT2D eigenvalue weighted by Crippen LogP contribution is 2.28. The fourth-order valence-corrected chi connectivity index (χ4v) is 6.07. The molecule has 1 amide bonds. The average molecular weight is 479 g/mol. The molecular formula is C31H34N4O. The molecule has 4 aromatic rings. The molecule has 2 atom stereocenters. The summed E-state index contributed by atoms with van der Waals surface area (Å²) in [7, 11) is 0. The van der Waals surface area contributed by atoms with Crippen LogP contribution in [-0.2, 0) is 13.0 Å². The van der Waals surface area contributed by atoms with Gasteiger partial charge >= 0.3 is 0 Å². The van der Waals surface area contributed by atoms with Crippen LogP contribution in [0.3, 0.4) is 0 Å². The number of fused-ring (bicyclic) bond motifs is 1. The van der Waals surface area contributed by atoms with Crippen LogP contribution in [0.4, 0.5) is 0 Å². The summed E-state index contributed by atoms with van der Waals surface area (Å²) in [6.07, 6.45) is 6.60. The number of imidazole rings is 1. The van der Waals surface area contributed by atoms with Crippen LogP contribution in [0.2, 0.25) is 0 Å². The van der Waals surface area contributed by atoms with Gasteiger partial charge in [-0.1, -0.05) is 48.5 Å². The number of likely N-dealkylation sites (tertiary alicyclic amines) is 2. The predicted octanol–water partition coefficient (Wildman–Crippen LogP) is 5.31. The molecule has 0 N–H and O–H groups in total. The quantitative estimate of drug-likeness (QED) is 0.377. The zero-order chi connectivity index (χ0) is 24.5. The van der Waals surface area contributed by atoms with Crippen molar-refractivity contribution in [2.75, 3.05) is 19.6 Å². The second-order valence-electron chi connectivity index (χ2n) is 10.5. The van der Waals surface area contributed by atoms with Gasteiger partial charge in [0.05, 0.1) is 17.4 Å². The lowest BCUT2D eigenvalue weighted by Crippen LogP contribution is -2.42. The Bertz CT molecular complexity index is 1340. The molecular weight excluding hydrogens is 444 g/mol. The number of carbonyl (C=O) groups excluding carboxylic acids is 1. The number of aromatic nitrogens is 2. The first-order valence-corrected chi connectivity index (χ1v) is 13.2.